The summed E-state index contributed by atoms with van der Waals surface area (Å²) in [6, 6.07) is 6.09. The molecule has 0 aliphatic rings. The second-order valence-electron chi connectivity index (χ2n) is 4.43. The summed E-state index contributed by atoms with van der Waals surface area (Å²) >= 11 is 0. The maximum absolute atomic E-state index is 8.79. The van der Waals surface area contributed by atoms with Crippen molar-refractivity contribution in [3.8, 4) is 5.75 Å². The van der Waals surface area contributed by atoms with Crippen LogP contribution in [0.3, 0.4) is 0 Å². The van der Waals surface area contributed by atoms with Crippen LogP contribution in [0.5, 0.6) is 5.75 Å². The van der Waals surface area contributed by atoms with Crippen LogP contribution in [-0.2, 0) is 6.42 Å². The van der Waals surface area contributed by atoms with E-state index in [2.05, 4.69) is 24.4 Å². The molecule has 0 radical (unpaired) electrons. The molecule has 1 aromatic carbocycles. The van der Waals surface area contributed by atoms with E-state index in [0.717, 1.165) is 18.7 Å². The van der Waals surface area contributed by atoms with Crippen LogP contribution in [0.15, 0.2) is 18.2 Å². The minimum absolute atomic E-state index is 0.0230. The van der Waals surface area contributed by atoms with Crippen LogP contribution in [0.2, 0.25) is 0 Å². The average molecular weight is 252 g/mol. The average Bonchev–Trinajstić information content (AvgIpc) is 2.37. The molecule has 0 spiro atoms. The monoisotopic (exact) mass is 252 g/mol. The molecule has 0 bridgehead atoms. The molecule has 1 atom stereocenters. The number of aliphatic hydroxyl groups excluding tert-OH is 1. The lowest BCUT2D eigenvalue weighted by Crippen LogP contribution is -2.37. The Bertz CT molecular complexity index is 356. The van der Waals surface area contributed by atoms with Crippen molar-refractivity contribution in [1.82, 2.24) is 5.32 Å². The van der Waals surface area contributed by atoms with Crippen molar-refractivity contribution in [2.75, 3.05) is 26.3 Å². The summed E-state index contributed by atoms with van der Waals surface area (Å²) < 4.78 is 5.50. The number of hydrogen-bond acceptors (Lipinski definition) is 4. The van der Waals surface area contributed by atoms with E-state index in [1.165, 1.54) is 11.1 Å². The predicted molar refractivity (Wildman–Crippen MR) is 74.0 cm³/mol. The van der Waals surface area contributed by atoms with Gasteiger partial charge in [0.25, 0.3) is 0 Å². The molecule has 0 saturated carbocycles. The number of nitrogens with two attached hydrogens (primary N) is 1. The molecule has 0 aromatic heterocycles. The van der Waals surface area contributed by atoms with Crippen LogP contribution in [0.25, 0.3) is 0 Å². The molecule has 0 aliphatic heterocycles. The second-order valence-corrected chi connectivity index (χ2v) is 4.43. The molecule has 0 heterocycles. The van der Waals surface area contributed by atoms with Gasteiger partial charge in [0.05, 0.1) is 13.2 Å². The molecular formula is C14H24N2O2. The van der Waals surface area contributed by atoms with Crippen molar-refractivity contribution in [2.24, 2.45) is 5.73 Å². The van der Waals surface area contributed by atoms with Gasteiger partial charge in [0.1, 0.15) is 5.75 Å². The van der Waals surface area contributed by atoms with Crippen molar-refractivity contribution in [3.63, 3.8) is 0 Å². The van der Waals surface area contributed by atoms with Gasteiger partial charge in [-0.25, -0.2) is 0 Å². The fourth-order valence-corrected chi connectivity index (χ4v) is 1.77. The van der Waals surface area contributed by atoms with Gasteiger partial charge in [-0.15, -0.1) is 0 Å². The predicted octanol–water partition coefficient (Wildman–Crippen LogP) is 0.845. The Morgan fingerprint density at radius 2 is 2.22 bits per heavy atom. The summed E-state index contributed by atoms with van der Waals surface area (Å²) in [6.07, 6.45) is 0.950. The van der Waals surface area contributed by atoms with Crippen molar-refractivity contribution in [3.05, 3.63) is 29.3 Å². The van der Waals surface area contributed by atoms with Crippen LogP contribution in [0, 0.1) is 6.92 Å². The molecule has 4 N–H and O–H groups in total. The van der Waals surface area contributed by atoms with Crippen LogP contribution < -0.4 is 15.8 Å². The maximum atomic E-state index is 8.79. The SMILES string of the molecule is CCOc1ccc(CCNCC(N)CO)cc1C. The third-order valence-corrected chi connectivity index (χ3v) is 2.77. The van der Waals surface area contributed by atoms with E-state index in [-0.39, 0.29) is 12.6 Å². The number of aryl methyl sites for hydroxylation is 1. The molecule has 0 saturated heterocycles. The van der Waals surface area contributed by atoms with Crippen molar-refractivity contribution in [1.29, 1.82) is 0 Å². The molecule has 1 aromatic rings. The smallest absolute Gasteiger partial charge is 0.122 e. The summed E-state index contributed by atoms with van der Waals surface area (Å²) in [6.45, 7) is 6.27. The molecule has 4 nitrogen and oxygen atoms in total. The Morgan fingerprint density at radius 1 is 1.44 bits per heavy atom. The standard InChI is InChI=1S/C14H24N2O2/c1-3-18-14-5-4-12(8-11(14)2)6-7-16-9-13(15)10-17/h4-5,8,13,16-17H,3,6-7,9-10,15H2,1-2H3. The van der Waals surface area contributed by atoms with E-state index in [0.29, 0.717) is 13.2 Å². The Morgan fingerprint density at radius 3 is 2.83 bits per heavy atom. The molecule has 0 fully saturated rings. The zero-order valence-corrected chi connectivity index (χ0v) is 11.3. The molecule has 18 heavy (non-hydrogen) atoms. The van der Waals surface area contributed by atoms with Gasteiger partial charge in [0, 0.05) is 12.6 Å². The lowest BCUT2D eigenvalue weighted by Gasteiger charge is -2.11. The van der Waals surface area contributed by atoms with Gasteiger partial charge in [-0.05, 0) is 44.0 Å². The molecule has 0 aliphatic carbocycles. The summed E-state index contributed by atoms with van der Waals surface area (Å²) in [7, 11) is 0. The molecular weight excluding hydrogens is 228 g/mol. The lowest BCUT2D eigenvalue weighted by atomic mass is 10.1. The van der Waals surface area contributed by atoms with Crippen LogP contribution in [0.4, 0.5) is 0 Å². The topological polar surface area (TPSA) is 67.5 Å². The molecule has 1 unspecified atom stereocenters. The third kappa shape index (κ3) is 5.04. The highest BCUT2D eigenvalue weighted by Gasteiger charge is 2.02. The Balaban J connectivity index is 2.37. The molecule has 102 valence electrons. The normalized spacial score (nSPS) is 12.4. The highest BCUT2D eigenvalue weighted by Crippen LogP contribution is 2.19. The Kier molecular flexibility index (Phi) is 6.72. The van der Waals surface area contributed by atoms with E-state index in [1.807, 2.05) is 13.0 Å². The minimum Gasteiger partial charge on any atom is -0.494 e. The highest BCUT2D eigenvalue weighted by atomic mass is 16.5. The number of benzene rings is 1. The number of rotatable bonds is 8. The molecule has 4 heteroatoms. The largest absolute Gasteiger partial charge is 0.494 e. The second kappa shape index (κ2) is 8.08. The van der Waals surface area contributed by atoms with E-state index in [9.17, 15) is 0 Å². The Hall–Kier alpha value is -1.10. The van der Waals surface area contributed by atoms with Gasteiger partial charge < -0.3 is 20.9 Å². The summed E-state index contributed by atoms with van der Waals surface area (Å²) in [4.78, 5) is 0. The summed E-state index contributed by atoms with van der Waals surface area (Å²) in [5.74, 6) is 0.955. The van der Waals surface area contributed by atoms with Gasteiger partial charge >= 0.3 is 0 Å². The van der Waals surface area contributed by atoms with Crippen LogP contribution in [0.1, 0.15) is 18.1 Å². The Labute approximate surface area is 109 Å². The van der Waals surface area contributed by atoms with Gasteiger partial charge in [0.2, 0.25) is 0 Å². The van der Waals surface area contributed by atoms with Crippen LogP contribution in [-0.4, -0.2) is 37.5 Å². The zero-order chi connectivity index (χ0) is 13.4. The number of ether oxygens (including phenoxy) is 1. The number of nitrogens with one attached hydrogen (secondary N) is 1. The van der Waals surface area contributed by atoms with E-state index < -0.39 is 0 Å². The van der Waals surface area contributed by atoms with E-state index >= 15 is 0 Å². The quantitative estimate of drug-likeness (QED) is 0.600. The van der Waals surface area contributed by atoms with E-state index in [4.69, 9.17) is 15.6 Å². The fourth-order valence-electron chi connectivity index (χ4n) is 1.77. The molecule has 1 rings (SSSR count). The summed E-state index contributed by atoms with van der Waals surface area (Å²) in [5, 5.41) is 12.0. The zero-order valence-electron chi connectivity index (χ0n) is 11.3. The third-order valence-electron chi connectivity index (χ3n) is 2.77. The van der Waals surface area contributed by atoms with Crippen molar-refractivity contribution >= 4 is 0 Å². The first kappa shape index (κ1) is 15.0. The first-order chi connectivity index (χ1) is 8.67. The highest BCUT2D eigenvalue weighted by molar-refractivity contribution is 5.36. The lowest BCUT2D eigenvalue weighted by molar-refractivity contribution is 0.262. The maximum Gasteiger partial charge on any atom is 0.122 e. The van der Waals surface area contributed by atoms with Gasteiger partial charge in [-0.3, -0.25) is 0 Å². The van der Waals surface area contributed by atoms with Crippen molar-refractivity contribution < 1.29 is 9.84 Å². The number of aliphatic hydroxyl groups is 1. The van der Waals surface area contributed by atoms with Crippen molar-refractivity contribution in [2.45, 2.75) is 26.3 Å². The first-order valence-electron chi connectivity index (χ1n) is 6.46. The van der Waals surface area contributed by atoms with Gasteiger partial charge in [0.15, 0.2) is 0 Å². The first-order valence-corrected chi connectivity index (χ1v) is 6.46. The van der Waals surface area contributed by atoms with E-state index in [1.54, 1.807) is 0 Å². The minimum atomic E-state index is -0.174. The van der Waals surface area contributed by atoms with Gasteiger partial charge in [-0.1, -0.05) is 12.1 Å². The summed E-state index contributed by atoms with van der Waals surface area (Å²) in [5.41, 5.74) is 8.05. The molecule has 0 amide bonds. The van der Waals surface area contributed by atoms with Gasteiger partial charge in [-0.2, -0.15) is 0 Å². The fraction of sp³-hybridized carbons (Fsp3) is 0.571. The number of hydrogen-bond donors (Lipinski definition) is 3. The van der Waals surface area contributed by atoms with Crippen LogP contribution >= 0.6 is 0 Å².